The monoisotopic (exact) mass is 699 g/mol. The van der Waals surface area contributed by atoms with Gasteiger partial charge in [-0.3, -0.25) is 4.98 Å². The molecule has 2 heterocycles. The molecule has 9 aromatic rings. The van der Waals surface area contributed by atoms with Gasteiger partial charge in [-0.1, -0.05) is 164 Å². The number of rotatable bonds is 5. The number of fused-ring (bicyclic) bond motifs is 10. The molecule has 0 unspecified atom stereocenters. The summed E-state index contributed by atoms with van der Waals surface area (Å²) in [6.07, 6.45) is 3.61. The molecular weight excluding hydrogens is 667 g/mol. The fourth-order valence-electron chi connectivity index (χ4n) is 8.95. The molecular formula is C52H33N3. The first-order valence-corrected chi connectivity index (χ1v) is 18.8. The Balaban J connectivity index is 0.988. The number of pyridine rings is 1. The zero-order valence-electron chi connectivity index (χ0n) is 29.9. The largest absolute Gasteiger partial charge is 0.265 e. The minimum atomic E-state index is -0.333. The van der Waals surface area contributed by atoms with Gasteiger partial charge in [0.2, 0.25) is 0 Å². The summed E-state index contributed by atoms with van der Waals surface area (Å²) in [6.45, 7) is 0. The van der Waals surface area contributed by atoms with Gasteiger partial charge in [-0.25, -0.2) is 9.97 Å². The van der Waals surface area contributed by atoms with Gasteiger partial charge in [-0.2, -0.15) is 0 Å². The fourth-order valence-corrected chi connectivity index (χ4v) is 8.95. The molecule has 1 spiro atoms. The van der Waals surface area contributed by atoms with Crippen LogP contribution in [0.4, 0.5) is 0 Å². The topological polar surface area (TPSA) is 38.7 Å². The summed E-state index contributed by atoms with van der Waals surface area (Å²) in [6, 6.07) is 67.8. The number of hydrogen-bond acceptors (Lipinski definition) is 3. The van der Waals surface area contributed by atoms with Crippen molar-refractivity contribution in [1.82, 2.24) is 15.0 Å². The molecule has 7 aromatic carbocycles. The van der Waals surface area contributed by atoms with E-state index in [1.165, 1.54) is 55.6 Å². The lowest BCUT2D eigenvalue weighted by atomic mass is 9.70. The molecule has 2 aliphatic carbocycles. The van der Waals surface area contributed by atoms with Crippen molar-refractivity contribution in [1.29, 1.82) is 0 Å². The molecule has 0 radical (unpaired) electrons. The van der Waals surface area contributed by atoms with Crippen molar-refractivity contribution in [3.63, 3.8) is 0 Å². The maximum absolute atomic E-state index is 5.13. The van der Waals surface area contributed by atoms with Gasteiger partial charge in [0.15, 0.2) is 5.82 Å². The van der Waals surface area contributed by atoms with E-state index in [-0.39, 0.29) is 5.41 Å². The summed E-state index contributed by atoms with van der Waals surface area (Å²) in [7, 11) is 0. The van der Waals surface area contributed by atoms with Crippen molar-refractivity contribution in [2.75, 3.05) is 0 Å². The van der Waals surface area contributed by atoms with E-state index in [4.69, 9.17) is 9.97 Å². The van der Waals surface area contributed by atoms with E-state index in [1.807, 2.05) is 18.2 Å². The Morgan fingerprint density at radius 1 is 0.291 bits per heavy atom. The SMILES string of the molecule is c1ccc(-c2ccc(-c3nc(-c4ccncc4)cc(-c4ccc(-c5ccc6c(c5)-c5ccccc5C65c6ccccc6-c6ccccc65)cc4)n3)cc2)cc1. The number of hydrogen-bond donors (Lipinski definition) is 0. The average molecular weight is 700 g/mol. The van der Waals surface area contributed by atoms with Crippen molar-refractivity contribution in [2.45, 2.75) is 5.41 Å². The van der Waals surface area contributed by atoms with Crippen LogP contribution in [0.15, 0.2) is 200 Å². The smallest absolute Gasteiger partial charge is 0.160 e. The molecule has 0 bridgehead atoms. The van der Waals surface area contributed by atoms with Crippen molar-refractivity contribution in [2.24, 2.45) is 0 Å². The van der Waals surface area contributed by atoms with Crippen LogP contribution in [0.25, 0.3) is 78.4 Å². The van der Waals surface area contributed by atoms with Crippen molar-refractivity contribution in [3.8, 4) is 78.4 Å². The molecule has 0 amide bonds. The second kappa shape index (κ2) is 12.4. The van der Waals surface area contributed by atoms with Gasteiger partial charge >= 0.3 is 0 Å². The molecule has 0 fully saturated rings. The Labute approximate surface area is 320 Å². The molecule has 3 nitrogen and oxygen atoms in total. The Morgan fingerprint density at radius 3 is 1.31 bits per heavy atom. The fraction of sp³-hybridized carbons (Fsp3) is 0.0192. The van der Waals surface area contributed by atoms with Crippen LogP contribution in [-0.4, -0.2) is 15.0 Å². The van der Waals surface area contributed by atoms with Crippen LogP contribution >= 0.6 is 0 Å². The molecule has 3 heteroatoms. The van der Waals surface area contributed by atoms with E-state index in [9.17, 15) is 0 Å². The van der Waals surface area contributed by atoms with Crippen LogP contribution in [0.5, 0.6) is 0 Å². The number of nitrogens with zero attached hydrogens (tertiary/aromatic N) is 3. The maximum atomic E-state index is 5.13. The highest BCUT2D eigenvalue weighted by Gasteiger charge is 2.51. The summed E-state index contributed by atoms with van der Waals surface area (Å²) in [5, 5.41) is 0. The highest BCUT2D eigenvalue weighted by molar-refractivity contribution is 5.96. The highest BCUT2D eigenvalue weighted by atomic mass is 14.9. The van der Waals surface area contributed by atoms with Crippen LogP contribution in [0.3, 0.4) is 0 Å². The summed E-state index contributed by atoms with van der Waals surface area (Å²) >= 11 is 0. The molecule has 11 rings (SSSR count). The van der Waals surface area contributed by atoms with Crippen molar-refractivity contribution >= 4 is 0 Å². The summed E-state index contributed by atoms with van der Waals surface area (Å²) < 4.78 is 0. The standard InChI is InChI=1S/C52H33N3/c1-2-10-34(11-3-1)35-20-24-39(25-21-35)51-54-49(33-50(55-51)38-28-30-53-31-29-38)37-22-18-36(19-23-37)40-26-27-48-44(32-40)43-14-6-9-17-47(43)52(48)45-15-7-4-12-41(45)42-13-5-8-16-46(42)52/h1-33H. The Hall–Kier alpha value is -7.23. The van der Waals surface area contributed by atoms with Gasteiger partial charge < -0.3 is 0 Å². The Kier molecular flexibility index (Phi) is 7.08. The zero-order valence-corrected chi connectivity index (χ0v) is 29.9. The van der Waals surface area contributed by atoms with E-state index in [2.05, 4.69) is 175 Å². The minimum absolute atomic E-state index is 0.333. The normalized spacial score (nSPS) is 12.9. The predicted molar refractivity (Wildman–Crippen MR) is 223 cm³/mol. The van der Waals surface area contributed by atoms with E-state index >= 15 is 0 Å². The van der Waals surface area contributed by atoms with Gasteiger partial charge in [0.1, 0.15) is 0 Å². The van der Waals surface area contributed by atoms with E-state index in [0.717, 1.165) is 39.2 Å². The predicted octanol–water partition coefficient (Wildman–Crippen LogP) is 12.6. The molecule has 0 aliphatic heterocycles. The minimum Gasteiger partial charge on any atom is -0.265 e. The van der Waals surface area contributed by atoms with Gasteiger partial charge in [0.25, 0.3) is 0 Å². The van der Waals surface area contributed by atoms with E-state index in [1.54, 1.807) is 12.4 Å². The first kappa shape index (κ1) is 31.3. The van der Waals surface area contributed by atoms with Gasteiger partial charge in [-0.05, 0) is 91.0 Å². The van der Waals surface area contributed by atoms with E-state index in [0.29, 0.717) is 5.82 Å². The molecule has 0 saturated heterocycles. The van der Waals surface area contributed by atoms with Crippen LogP contribution in [0, 0.1) is 0 Å². The Morgan fingerprint density at radius 2 is 0.709 bits per heavy atom. The third-order valence-electron chi connectivity index (χ3n) is 11.5. The summed E-state index contributed by atoms with van der Waals surface area (Å²) in [5.41, 5.74) is 19.8. The van der Waals surface area contributed by atoms with Crippen molar-refractivity contribution in [3.05, 3.63) is 223 Å². The lowest BCUT2D eigenvalue weighted by Crippen LogP contribution is -2.25. The zero-order chi connectivity index (χ0) is 36.3. The first-order valence-electron chi connectivity index (χ1n) is 18.8. The van der Waals surface area contributed by atoms with Crippen LogP contribution in [0.1, 0.15) is 22.3 Å². The van der Waals surface area contributed by atoms with Gasteiger partial charge in [0.05, 0.1) is 16.8 Å². The van der Waals surface area contributed by atoms with Gasteiger partial charge in [0, 0.05) is 29.1 Å². The second-order valence-corrected chi connectivity index (χ2v) is 14.4. The van der Waals surface area contributed by atoms with Crippen LogP contribution in [-0.2, 0) is 5.41 Å². The lowest BCUT2D eigenvalue weighted by Gasteiger charge is -2.30. The second-order valence-electron chi connectivity index (χ2n) is 14.4. The molecule has 2 aliphatic rings. The molecule has 0 N–H and O–H groups in total. The maximum Gasteiger partial charge on any atom is 0.160 e. The van der Waals surface area contributed by atoms with Gasteiger partial charge in [-0.15, -0.1) is 0 Å². The third kappa shape index (κ3) is 4.87. The molecule has 55 heavy (non-hydrogen) atoms. The van der Waals surface area contributed by atoms with Crippen LogP contribution in [0.2, 0.25) is 0 Å². The average Bonchev–Trinajstić information content (AvgIpc) is 3.74. The highest BCUT2D eigenvalue weighted by Crippen LogP contribution is 2.62. The van der Waals surface area contributed by atoms with Crippen molar-refractivity contribution < 1.29 is 0 Å². The lowest BCUT2D eigenvalue weighted by molar-refractivity contribution is 0.794. The van der Waals surface area contributed by atoms with E-state index < -0.39 is 0 Å². The Bertz CT molecular complexity index is 2850. The number of benzene rings is 7. The molecule has 256 valence electrons. The van der Waals surface area contributed by atoms with Crippen LogP contribution < -0.4 is 0 Å². The molecule has 0 saturated carbocycles. The first-order chi connectivity index (χ1) is 27.3. The number of aromatic nitrogens is 3. The summed E-state index contributed by atoms with van der Waals surface area (Å²) in [5.74, 6) is 0.689. The molecule has 2 aromatic heterocycles. The quantitative estimate of drug-likeness (QED) is 0.179. The molecule has 0 atom stereocenters. The third-order valence-corrected chi connectivity index (χ3v) is 11.5. The summed E-state index contributed by atoms with van der Waals surface area (Å²) in [4.78, 5) is 14.4.